The second-order valence-electron chi connectivity index (χ2n) is 4.95. The summed E-state index contributed by atoms with van der Waals surface area (Å²) in [4.78, 5) is 0. The van der Waals surface area contributed by atoms with Gasteiger partial charge in [0, 0.05) is 7.11 Å². The molecule has 6 heteroatoms. The van der Waals surface area contributed by atoms with Crippen LogP contribution < -0.4 is 0 Å². The van der Waals surface area contributed by atoms with E-state index < -0.39 is 6.10 Å². The van der Waals surface area contributed by atoms with Crippen LogP contribution in [0.1, 0.15) is 32.6 Å². The molecule has 0 spiro atoms. The lowest BCUT2D eigenvalue weighted by molar-refractivity contribution is -0.0726. The van der Waals surface area contributed by atoms with Crippen LogP contribution in [0.5, 0.6) is 0 Å². The van der Waals surface area contributed by atoms with Crippen molar-refractivity contribution in [2.24, 2.45) is 5.16 Å². The zero-order valence-electron chi connectivity index (χ0n) is 11.7. The first-order chi connectivity index (χ1) is 9.15. The van der Waals surface area contributed by atoms with Gasteiger partial charge in [-0.05, 0) is 32.6 Å². The summed E-state index contributed by atoms with van der Waals surface area (Å²) in [5, 5.41) is 21.6. The van der Waals surface area contributed by atoms with Gasteiger partial charge in [-0.15, -0.1) is 0 Å². The van der Waals surface area contributed by atoms with Gasteiger partial charge >= 0.3 is 0 Å². The van der Waals surface area contributed by atoms with Crippen molar-refractivity contribution in [1.82, 2.24) is 0 Å². The number of aliphatic hydroxyl groups excluding tert-OH is 1. The molecule has 0 radical (unpaired) electrons. The maximum atomic E-state index is 9.74. The maximum Gasteiger partial charge on any atom is 0.101 e. The minimum Gasteiger partial charge on any atom is -0.411 e. The van der Waals surface area contributed by atoms with Crippen LogP contribution in [0.25, 0.3) is 0 Å². The Morgan fingerprint density at radius 3 is 2.53 bits per heavy atom. The number of methoxy groups -OCH3 is 1. The molecule has 2 atom stereocenters. The van der Waals surface area contributed by atoms with Crippen LogP contribution in [0.4, 0.5) is 0 Å². The number of hydrogen-bond acceptors (Lipinski definition) is 6. The molecular formula is C13H25NO5. The molecule has 2 unspecified atom stereocenters. The van der Waals surface area contributed by atoms with Gasteiger partial charge in [-0.3, -0.25) is 0 Å². The number of ether oxygens (including phenoxy) is 3. The van der Waals surface area contributed by atoms with E-state index in [4.69, 9.17) is 19.4 Å². The van der Waals surface area contributed by atoms with Crippen LogP contribution in [0.15, 0.2) is 5.16 Å². The van der Waals surface area contributed by atoms with Gasteiger partial charge in [0.1, 0.15) is 6.10 Å². The number of rotatable bonds is 8. The van der Waals surface area contributed by atoms with E-state index in [0.717, 1.165) is 31.4 Å². The molecule has 1 aliphatic rings. The van der Waals surface area contributed by atoms with Gasteiger partial charge in [0.25, 0.3) is 0 Å². The van der Waals surface area contributed by atoms with E-state index in [0.29, 0.717) is 6.61 Å². The zero-order chi connectivity index (χ0) is 14.1. The number of aliphatic hydroxyl groups is 1. The normalized spacial score (nSPS) is 23.1. The summed E-state index contributed by atoms with van der Waals surface area (Å²) in [6.45, 7) is 2.93. The summed E-state index contributed by atoms with van der Waals surface area (Å²) in [5.41, 5.74) is 0.831. The molecule has 0 aromatic carbocycles. The van der Waals surface area contributed by atoms with Crippen molar-refractivity contribution in [3.63, 3.8) is 0 Å². The van der Waals surface area contributed by atoms with Gasteiger partial charge in [0.15, 0.2) is 0 Å². The Morgan fingerprint density at radius 2 is 1.95 bits per heavy atom. The summed E-state index contributed by atoms with van der Waals surface area (Å²) in [6, 6.07) is 0. The van der Waals surface area contributed by atoms with E-state index in [9.17, 15) is 5.11 Å². The molecular weight excluding hydrogens is 250 g/mol. The quantitative estimate of drug-likeness (QED) is 0.514. The second kappa shape index (κ2) is 9.25. The molecule has 0 aromatic rings. The Balaban J connectivity index is 2.08. The fourth-order valence-corrected chi connectivity index (χ4v) is 2.04. The Kier molecular flexibility index (Phi) is 7.97. The highest BCUT2D eigenvalue weighted by Gasteiger charge is 2.19. The molecule has 0 heterocycles. The van der Waals surface area contributed by atoms with Gasteiger partial charge in [-0.2, -0.15) is 0 Å². The molecule has 112 valence electrons. The minimum atomic E-state index is -0.618. The summed E-state index contributed by atoms with van der Waals surface area (Å²) in [6.07, 6.45) is 2.69. The topological polar surface area (TPSA) is 80.5 Å². The molecule has 1 aliphatic carbocycles. The highest BCUT2D eigenvalue weighted by Crippen LogP contribution is 2.19. The minimum absolute atomic E-state index is 0.0299. The fourth-order valence-electron chi connectivity index (χ4n) is 2.04. The first-order valence-electron chi connectivity index (χ1n) is 6.75. The van der Waals surface area contributed by atoms with Crippen LogP contribution in [-0.2, 0) is 14.2 Å². The van der Waals surface area contributed by atoms with Crippen molar-refractivity contribution in [3.05, 3.63) is 0 Å². The third-order valence-electron chi connectivity index (χ3n) is 3.15. The maximum absolute atomic E-state index is 9.74. The summed E-state index contributed by atoms with van der Waals surface area (Å²) < 4.78 is 16.0. The lowest BCUT2D eigenvalue weighted by atomic mass is 9.96. The second-order valence-corrected chi connectivity index (χ2v) is 4.95. The van der Waals surface area contributed by atoms with Gasteiger partial charge in [0.05, 0.1) is 37.7 Å². The first kappa shape index (κ1) is 16.4. The predicted molar refractivity (Wildman–Crippen MR) is 70.7 cm³/mol. The molecule has 0 aromatic heterocycles. The summed E-state index contributed by atoms with van der Waals surface area (Å²) in [5.74, 6) is 0. The molecule has 0 aliphatic heterocycles. The molecule has 0 saturated heterocycles. The summed E-state index contributed by atoms with van der Waals surface area (Å²) >= 11 is 0. The smallest absolute Gasteiger partial charge is 0.101 e. The highest BCUT2D eigenvalue weighted by atomic mass is 16.5. The molecule has 2 N–H and O–H groups in total. The largest absolute Gasteiger partial charge is 0.411 e. The van der Waals surface area contributed by atoms with Crippen LogP contribution >= 0.6 is 0 Å². The van der Waals surface area contributed by atoms with E-state index in [1.54, 1.807) is 7.11 Å². The van der Waals surface area contributed by atoms with Crippen molar-refractivity contribution in [1.29, 1.82) is 0 Å². The lowest BCUT2D eigenvalue weighted by Crippen LogP contribution is -2.30. The predicted octanol–water partition coefficient (Wildman–Crippen LogP) is 1.19. The third kappa shape index (κ3) is 6.87. The van der Waals surface area contributed by atoms with Crippen LogP contribution in [0, 0.1) is 0 Å². The zero-order valence-corrected chi connectivity index (χ0v) is 11.7. The highest BCUT2D eigenvalue weighted by molar-refractivity contribution is 5.84. The SMILES string of the molecule is COCC(C)OCC(O)COC1CCC(=NO)CC1. The standard InChI is InChI=1S/C13H25NO5/c1-10(7-17-2)18-8-12(15)9-19-13-5-3-11(14-16)4-6-13/h10,12-13,15-16H,3-9H2,1-2H3. The van der Waals surface area contributed by atoms with E-state index in [-0.39, 0.29) is 25.4 Å². The Hall–Kier alpha value is -0.690. The van der Waals surface area contributed by atoms with Gasteiger partial charge in [-0.1, -0.05) is 5.16 Å². The van der Waals surface area contributed by atoms with Crippen molar-refractivity contribution in [2.75, 3.05) is 26.9 Å². The fraction of sp³-hybridized carbons (Fsp3) is 0.923. The van der Waals surface area contributed by atoms with Crippen molar-refractivity contribution in [3.8, 4) is 0 Å². The molecule has 1 rings (SSSR count). The van der Waals surface area contributed by atoms with Gasteiger partial charge in [-0.25, -0.2) is 0 Å². The Bertz CT molecular complexity index is 262. The van der Waals surface area contributed by atoms with E-state index in [2.05, 4.69) is 5.16 Å². The van der Waals surface area contributed by atoms with Crippen LogP contribution in [0.3, 0.4) is 0 Å². The van der Waals surface area contributed by atoms with Gasteiger partial charge in [0.2, 0.25) is 0 Å². The Morgan fingerprint density at radius 1 is 1.26 bits per heavy atom. The number of nitrogens with zero attached hydrogens (tertiary/aromatic N) is 1. The van der Waals surface area contributed by atoms with Crippen molar-refractivity contribution in [2.45, 2.75) is 50.9 Å². The molecule has 6 nitrogen and oxygen atoms in total. The van der Waals surface area contributed by atoms with Crippen LogP contribution in [0.2, 0.25) is 0 Å². The Labute approximate surface area is 114 Å². The molecule has 0 amide bonds. The third-order valence-corrected chi connectivity index (χ3v) is 3.15. The number of oxime groups is 1. The van der Waals surface area contributed by atoms with Gasteiger partial charge < -0.3 is 24.5 Å². The van der Waals surface area contributed by atoms with Crippen LogP contribution in [-0.4, -0.2) is 61.3 Å². The first-order valence-corrected chi connectivity index (χ1v) is 6.75. The average Bonchev–Trinajstić information content (AvgIpc) is 2.44. The van der Waals surface area contributed by atoms with E-state index in [1.165, 1.54) is 0 Å². The molecule has 0 bridgehead atoms. The lowest BCUT2D eigenvalue weighted by Gasteiger charge is -2.24. The molecule has 1 saturated carbocycles. The van der Waals surface area contributed by atoms with Crippen molar-refractivity contribution < 1.29 is 24.5 Å². The van der Waals surface area contributed by atoms with E-state index in [1.807, 2.05) is 6.92 Å². The van der Waals surface area contributed by atoms with E-state index >= 15 is 0 Å². The average molecular weight is 275 g/mol. The molecule has 1 fully saturated rings. The number of hydrogen-bond donors (Lipinski definition) is 2. The molecule has 19 heavy (non-hydrogen) atoms. The summed E-state index contributed by atoms with van der Waals surface area (Å²) in [7, 11) is 1.62. The van der Waals surface area contributed by atoms with Crippen molar-refractivity contribution >= 4 is 5.71 Å². The monoisotopic (exact) mass is 275 g/mol.